The van der Waals surface area contributed by atoms with Gasteiger partial charge in [0.05, 0.1) is 0 Å². The molecule has 0 spiro atoms. The summed E-state index contributed by atoms with van der Waals surface area (Å²) in [6.07, 6.45) is 4.04. The Bertz CT molecular complexity index is 213. The molecule has 1 rings (SSSR count). The molecule has 0 saturated carbocycles. The third-order valence-corrected chi connectivity index (χ3v) is 3.21. The second-order valence-corrected chi connectivity index (χ2v) is 4.88. The zero-order valence-electron chi connectivity index (χ0n) is 7.72. The van der Waals surface area contributed by atoms with Crippen molar-refractivity contribution in [1.82, 2.24) is 0 Å². The number of unbranched alkanes of at least 4 members (excludes halogenated alkanes) is 1. The van der Waals surface area contributed by atoms with Crippen molar-refractivity contribution in [2.24, 2.45) is 0 Å². The molecule has 2 radical (unpaired) electrons. The van der Waals surface area contributed by atoms with E-state index in [1.807, 2.05) is 0 Å². The van der Waals surface area contributed by atoms with Gasteiger partial charge >= 0.3 is 88.5 Å². The Hall–Kier alpha value is 0.0187. The van der Waals surface area contributed by atoms with Crippen molar-refractivity contribution >= 4 is 22.5 Å². The molecule has 0 unspecified atom stereocenters. The number of aryl methyl sites for hydroxylation is 2. The zero-order valence-corrected chi connectivity index (χ0v) is 11.0. The van der Waals surface area contributed by atoms with Gasteiger partial charge in [0.1, 0.15) is 0 Å². The third kappa shape index (κ3) is 3.61. The summed E-state index contributed by atoms with van der Waals surface area (Å²) in [5, 5.41) is 0. The summed E-state index contributed by atoms with van der Waals surface area (Å²) >= 11 is 1.42. The van der Waals surface area contributed by atoms with Gasteiger partial charge in [0, 0.05) is 0 Å². The molecule has 12 heavy (non-hydrogen) atoms. The van der Waals surface area contributed by atoms with Gasteiger partial charge in [0.2, 0.25) is 0 Å². The summed E-state index contributed by atoms with van der Waals surface area (Å²) in [7, 11) is 0. The topological polar surface area (TPSA) is 0 Å². The molecule has 64 valence electrons. The Balaban J connectivity index is 2.37. The average molecular weight is 267 g/mol. The summed E-state index contributed by atoms with van der Waals surface area (Å²) in [6.45, 7) is 2.14. The van der Waals surface area contributed by atoms with Gasteiger partial charge in [-0.25, -0.2) is 0 Å². The molecule has 0 aliphatic heterocycles. The molecule has 0 heterocycles. The molecule has 0 amide bonds. The molecule has 0 aliphatic rings. The number of rotatable bonds is 4. The molecule has 0 N–H and O–H groups in total. The molecule has 0 nitrogen and oxygen atoms in total. The summed E-state index contributed by atoms with van der Waals surface area (Å²) in [6, 6.07) is 8.91. The minimum atomic E-state index is 1.26. The van der Waals surface area contributed by atoms with Crippen LogP contribution in [0.4, 0.5) is 0 Å². The van der Waals surface area contributed by atoms with Crippen LogP contribution in [0.1, 0.15) is 24.0 Å². The van der Waals surface area contributed by atoms with Crippen molar-refractivity contribution < 1.29 is 0 Å². The minimum absolute atomic E-state index is 1.26. The first-order valence-electron chi connectivity index (χ1n) is 4.58. The number of benzene rings is 1. The molecule has 1 heteroatoms. The summed E-state index contributed by atoms with van der Waals surface area (Å²) in [5.74, 6) is 0. The van der Waals surface area contributed by atoms with Gasteiger partial charge in [-0.15, -0.1) is 0 Å². The van der Waals surface area contributed by atoms with Gasteiger partial charge in [0.25, 0.3) is 0 Å². The summed E-state index contributed by atoms with van der Waals surface area (Å²) in [4.78, 5) is 0. The Morgan fingerprint density at radius 3 is 2.33 bits per heavy atom. The van der Waals surface area contributed by atoms with Gasteiger partial charge < -0.3 is 0 Å². The van der Waals surface area contributed by atoms with E-state index in [0.717, 1.165) is 0 Å². The fourth-order valence-electron chi connectivity index (χ4n) is 1.23. The van der Waals surface area contributed by atoms with E-state index in [-0.39, 0.29) is 0 Å². The van der Waals surface area contributed by atoms with Crippen LogP contribution in [0.25, 0.3) is 0 Å². The van der Waals surface area contributed by atoms with Crippen LogP contribution in [0, 0.1) is 6.92 Å². The second kappa shape index (κ2) is 5.63. The van der Waals surface area contributed by atoms with E-state index in [1.165, 1.54) is 57.4 Å². The van der Waals surface area contributed by atoms with Crippen LogP contribution >= 0.6 is 0 Å². The molecule has 0 aromatic heterocycles. The standard InChI is InChI=1S/C11H15.Sn.H/c1-3-4-5-11-8-6-10(2)7-9-11;;/h6-9H,1,3-5H2,2H3;;. The molecule has 0 aliphatic carbocycles. The molecule has 1 aromatic carbocycles. The molecule has 0 fully saturated rings. The average Bonchev–Trinajstić information content (AvgIpc) is 2.09. The van der Waals surface area contributed by atoms with Crippen molar-refractivity contribution in [2.75, 3.05) is 0 Å². The van der Waals surface area contributed by atoms with E-state index < -0.39 is 0 Å². The Kier molecular flexibility index (Phi) is 4.74. The van der Waals surface area contributed by atoms with Gasteiger partial charge in [-0.3, -0.25) is 0 Å². The predicted molar refractivity (Wildman–Crippen MR) is 56.1 cm³/mol. The zero-order chi connectivity index (χ0) is 8.81. The van der Waals surface area contributed by atoms with E-state index in [0.29, 0.717) is 0 Å². The van der Waals surface area contributed by atoms with Crippen LogP contribution in [0.5, 0.6) is 0 Å². The predicted octanol–water partition coefficient (Wildman–Crippen LogP) is 2.64. The van der Waals surface area contributed by atoms with Gasteiger partial charge in [0.15, 0.2) is 0 Å². The first-order valence-corrected chi connectivity index (χ1v) is 6.91. The summed E-state index contributed by atoms with van der Waals surface area (Å²) in [5.41, 5.74) is 2.86. The van der Waals surface area contributed by atoms with Crippen LogP contribution in [-0.4, -0.2) is 22.5 Å². The van der Waals surface area contributed by atoms with Gasteiger partial charge in [-0.2, -0.15) is 0 Å². The first-order chi connectivity index (χ1) is 5.83. The molecule has 0 saturated heterocycles. The molecule has 0 atom stereocenters. The van der Waals surface area contributed by atoms with E-state index in [2.05, 4.69) is 31.2 Å². The number of hydrogen-bond donors (Lipinski definition) is 0. The van der Waals surface area contributed by atoms with E-state index in [1.54, 1.807) is 0 Å². The van der Waals surface area contributed by atoms with Crippen LogP contribution in [0.2, 0.25) is 4.44 Å². The Morgan fingerprint density at radius 1 is 1.08 bits per heavy atom. The van der Waals surface area contributed by atoms with Crippen LogP contribution in [0.15, 0.2) is 24.3 Å². The maximum absolute atomic E-state index is 2.25. The van der Waals surface area contributed by atoms with Crippen molar-refractivity contribution in [3.8, 4) is 0 Å². The molecular formula is C11H16Sn. The van der Waals surface area contributed by atoms with Crippen molar-refractivity contribution in [1.29, 1.82) is 0 Å². The van der Waals surface area contributed by atoms with Crippen molar-refractivity contribution in [2.45, 2.75) is 30.6 Å². The van der Waals surface area contributed by atoms with Crippen molar-refractivity contribution in [3.05, 3.63) is 35.4 Å². The normalized spacial score (nSPS) is 10.2. The SMILES string of the molecule is Cc1ccc(CCC[CH2][SnH])cc1. The Morgan fingerprint density at radius 2 is 1.75 bits per heavy atom. The number of hydrogen-bond acceptors (Lipinski definition) is 0. The molecular weight excluding hydrogens is 251 g/mol. The quantitative estimate of drug-likeness (QED) is 0.581. The van der Waals surface area contributed by atoms with Gasteiger partial charge in [-0.1, -0.05) is 0 Å². The van der Waals surface area contributed by atoms with Gasteiger partial charge in [-0.05, 0) is 0 Å². The van der Waals surface area contributed by atoms with E-state index in [4.69, 9.17) is 0 Å². The Labute approximate surface area is 88.5 Å². The molecule has 1 aromatic rings. The molecule has 0 bridgehead atoms. The van der Waals surface area contributed by atoms with Crippen molar-refractivity contribution in [3.63, 3.8) is 0 Å². The fourth-order valence-corrected chi connectivity index (χ4v) is 2.05. The second-order valence-electron chi connectivity index (χ2n) is 3.23. The third-order valence-electron chi connectivity index (χ3n) is 2.04. The monoisotopic (exact) mass is 268 g/mol. The first kappa shape index (κ1) is 10.1. The summed E-state index contributed by atoms with van der Waals surface area (Å²) < 4.78 is 1.44. The van der Waals surface area contributed by atoms with Crippen LogP contribution in [0.3, 0.4) is 0 Å². The van der Waals surface area contributed by atoms with E-state index in [9.17, 15) is 0 Å². The van der Waals surface area contributed by atoms with E-state index >= 15 is 0 Å². The fraction of sp³-hybridized carbons (Fsp3) is 0.455. The van der Waals surface area contributed by atoms with Crippen LogP contribution < -0.4 is 0 Å². The van der Waals surface area contributed by atoms with Crippen LogP contribution in [-0.2, 0) is 6.42 Å². The maximum atomic E-state index is 2.25.